The summed E-state index contributed by atoms with van der Waals surface area (Å²) in [6, 6.07) is 5.88. The second kappa shape index (κ2) is 13.1. The number of carbonyl (C=O) groups is 2. The number of benzene rings is 1. The molecule has 0 bridgehead atoms. The first-order chi connectivity index (χ1) is 15.4. The minimum atomic E-state index is -0.290. The first-order valence-electron chi connectivity index (χ1n) is 11.8. The zero-order valence-corrected chi connectivity index (χ0v) is 20.2. The third-order valence-corrected chi connectivity index (χ3v) is 5.86. The van der Waals surface area contributed by atoms with Crippen molar-refractivity contribution in [2.24, 2.45) is 4.99 Å². The molecule has 2 rings (SSSR count). The van der Waals surface area contributed by atoms with E-state index in [1.54, 1.807) is 6.92 Å². The Morgan fingerprint density at radius 1 is 1.28 bits per heavy atom. The Balaban J connectivity index is 2.11. The van der Waals surface area contributed by atoms with Gasteiger partial charge in [-0.15, -0.1) is 0 Å². The zero-order valence-electron chi connectivity index (χ0n) is 20.2. The molecule has 1 unspecified atom stereocenters. The van der Waals surface area contributed by atoms with Crippen LogP contribution in [0, 0.1) is 6.92 Å². The molecule has 0 radical (unpaired) electrons. The van der Waals surface area contributed by atoms with Crippen LogP contribution in [0.1, 0.15) is 77.3 Å². The number of nitrogens with zero attached hydrogens (tertiary/aromatic N) is 1. The molecule has 1 N–H and O–H groups in total. The minimum absolute atomic E-state index is 0.0877. The smallest absolute Gasteiger partial charge is 0.323 e. The van der Waals surface area contributed by atoms with Crippen LogP contribution in [0.15, 0.2) is 46.5 Å². The zero-order chi connectivity index (χ0) is 23.5. The molecule has 32 heavy (non-hydrogen) atoms. The lowest BCUT2D eigenvalue weighted by Crippen LogP contribution is -2.39. The average molecular weight is 439 g/mol. The van der Waals surface area contributed by atoms with Gasteiger partial charge in [0.1, 0.15) is 18.4 Å². The lowest BCUT2D eigenvalue weighted by molar-refractivity contribution is -0.151. The Labute approximate surface area is 193 Å². The second-order valence-electron chi connectivity index (χ2n) is 8.63. The van der Waals surface area contributed by atoms with E-state index in [1.807, 2.05) is 32.9 Å². The third kappa shape index (κ3) is 7.86. The van der Waals surface area contributed by atoms with Gasteiger partial charge < -0.3 is 10.1 Å². The molecule has 1 fully saturated rings. The van der Waals surface area contributed by atoms with Crippen molar-refractivity contribution < 1.29 is 14.3 Å². The van der Waals surface area contributed by atoms with Crippen LogP contribution in [0.25, 0.3) is 0 Å². The van der Waals surface area contributed by atoms with Crippen molar-refractivity contribution in [3.63, 3.8) is 0 Å². The molecule has 1 aliphatic carbocycles. The van der Waals surface area contributed by atoms with Gasteiger partial charge in [-0.05, 0) is 94.2 Å². The van der Waals surface area contributed by atoms with Crippen molar-refractivity contribution in [1.29, 1.82) is 0 Å². The van der Waals surface area contributed by atoms with Crippen LogP contribution < -0.4 is 5.32 Å². The van der Waals surface area contributed by atoms with E-state index in [1.165, 1.54) is 0 Å². The first-order valence-corrected chi connectivity index (χ1v) is 11.8. The van der Waals surface area contributed by atoms with Crippen LogP contribution in [0.4, 0.5) is 5.69 Å². The van der Waals surface area contributed by atoms with Crippen LogP contribution in [-0.4, -0.2) is 30.1 Å². The van der Waals surface area contributed by atoms with Crippen molar-refractivity contribution in [3.05, 3.63) is 52.6 Å². The van der Waals surface area contributed by atoms with E-state index in [-0.39, 0.29) is 18.1 Å². The molecule has 0 aromatic heterocycles. The maximum absolute atomic E-state index is 12.7. The predicted octanol–water partition coefficient (Wildman–Crippen LogP) is 5.92. The highest BCUT2D eigenvalue weighted by Gasteiger charge is 2.24. The fourth-order valence-electron chi connectivity index (χ4n) is 3.89. The molecular weight excluding hydrogens is 400 g/mol. The molecule has 5 heteroatoms. The first kappa shape index (κ1) is 25.7. The number of hydrogen-bond donors (Lipinski definition) is 1. The number of ether oxygens (including phenoxy) is 1. The van der Waals surface area contributed by atoms with Gasteiger partial charge in [-0.2, -0.15) is 0 Å². The van der Waals surface area contributed by atoms with E-state index in [2.05, 4.69) is 30.4 Å². The summed E-state index contributed by atoms with van der Waals surface area (Å²) in [5, 5.41) is 3.40. The molecule has 0 aliphatic heterocycles. The van der Waals surface area contributed by atoms with Gasteiger partial charge in [0.2, 0.25) is 0 Å². The van der Waals surface area contributed by atoms with E-state index >= 15 is 0 Å². The molecular formula is C27H38N2O3. The molecule has 1 atom stereocenters. The number of hydrogen-bond acceptors (Lipinski definition) is 5. The summed E-state index contributed by atoms with van der Waals surface area (Å²) in [6.45, 7) is 10.4. The normalized spacial score (nSPS) is 16.8. The molecule has 0 spiro atoms. The van der Waals surface area contributed by atoms with E-state index in [0.29, 0.717) is 12.1 Å². The van der Waals surface area contributed by atoms with E-state index in [9.17, 15) is 9.59 Å². The van der Waals surface area contributed by atoms with Crippen LogP contribution in [0.3, 0.4) is 0 Å². The average Bonchev–Trinajstić information content (AvgIpc) is 3.29. The number of carbonyl (C=O) groups excluding carboxylic acids is 2. The maximum atomic E-state index is 12.7. The quantitative estimate of drug-likeness (QED) is 0.153. The van der Waals surface area contributed by atoms with Gasteiger partial charge in [-0.1, -0.05) is 31.6 Å². The van der Waals surface area contributed by atoms with Gasteiger partial charge in [-0.3, -0.25) is 14.6 Å². The Morgan fingerprint density at radius 2 is 2.00 bits per heavy atom. The molecule has 5 nitrogen and oxygen atoms in total. The van der Waals surface area contributed by atoms with Gasteiger partial charge in [-0.25, -0.2) is 0 Å². The molecule has 0 heterocycles. The number of aldehydes is 1. The highest BCUT2D eigenvalue weighted by molar-refractivity contribution is 6.03. The minimum Gasteiger partial charge on any atom is -0.461 e. The Morgan fingerprint density at radius 3 is 2.62 bits per heavy atom. The summed E-state index contributed by atoms with van der Waals surface area (Å²) in [4.78, 5) is 28.4. The Hall–Kier alpha value is -2.53. The number of aryl methyl sites for hydroxylation is 1. The van der Waals surface area contributed by atoms with Crippen LogP contribution in [0.2, 0.25) is 0 Å². The lowest BCUT2D eigenvalue weighted by atomic mass is 10.1. The monoisotopic (exact) mass is 438 g/mol. The molecule has 1 aromatic rings. The van der Waals surface area contributed by atoms with Gasteiger partial charge in [0, 0.05) is 12.3 Å². The van der Waals surface area contributed by atoms with Gasteiger partial charge >= 0.3 is 5.97 Å². The largest absolute Gasteiger partial charge is 0.461 e. The van der Waals surface area contributed by atoms with Crippen molar-refractivity contribution >= 4 is 23.7 Å². The van der Waals surface area contributed by atoms with Crippen molar-refractivity contribution in [3.8, 4) is 0 Å². The van der Waals surface area contributed by atoms with Gasteiger partial charge in [0.15, 0.2) is 0 Å². The van der Waals surface area contributed by atoms with Gasteiger partial charge in [0.25, 0.3) is 0 Å². The molecule has 1 aliphatic rings. The summed E-state index contributed by atoms with van der Waals surface area (Å²) in [5.74, 6) is -0.130. The van der Waals surface area contributed by atoms with Crippen LogP contribution >= 0.6 is 0 Å². The molecule has 0 amide bonds. The second-order valence-corrected chi connectivity index (χ2v) is 8.63. The van der Waals surface area contributed by atoms with Crippen molar-refractivity contribution in [1.82, 2.24) is 5.32 Å². The van der Waals surface area contributed by atoms with E-state index in [4.69, 9.17) is 9.73 Å². The lowest BCUT2D eigenvalue weighted by Gasteiger charge is -2.20. The maximum Gasteiger partial charge on any atom is 0.323 e. The van der Waals surface area contributed by atoms with Crippen molar-refractivity contribution in [2.75, 3.05) is 0 Å². The van der Waals surface area contributed by atoms with Gasteiger partial charge in [0.05, 0.1) is 5.69 Å². The fourth-order valence-corrected chi connectivity index (χ4v) is 3.89. The summed E-state index contributed by atoms with van der Waals surface area (Å²) < 4.78 is 5.73. The summed E-state index contributed by atoms with van der Waals surface area (Å²) in [7, 11) is 0. The predicted molar refractivity (Wildman–Crippen MR) is 131 cm³/mol. The third-order valence-electron chi connectivity index (χ3n) is 5.86. The summed E-state index contributed by atoms with van der Waals surface area (Å²) >= 11 is 0. The number of allylic oxidation sites excluding steroid dienone is 4. The topological polar surface area (TPSA) is 67.8 Å². The molecule has 1 saturated carbocycles. The van der Waals surface area contributed by atoms with Crippen LogP contribution in [-0.2, 0) is 20.9 Å². The standard InChI is InChI=1S/C27H38N2O3/c1-6-10-25(27(31)32-24-11-8-9-12-24)28-17-22-14-13-20(4)26(16-22)29-21(5)23(7-2)15-19(3)18-30/h7,13-16,18,24-25,28H,6,8-12,17H2,1-5H3/b19-15-,23-7+,29-21+. The molecule has 174 valence electrons. The Bertz CT molecular complexity index is 877. The highest BCUT2D eigenvalue weighted by Crippen LogP contribution is 2.23. The summed E-state index contributed by atoms with van der Waals surface area (Å²) in [5.41, 5.74) is 5.47. The SMILES string of the molecule is C/C=C(\C=C(\C)C=O)C(/C)=N/c1cc(CNC(CCC)C(=O)OC2CCCC2)ccc1C. The number of aliphatic imine (C=N–C) groups is 1. The van der Waals surface area contributed by atoms with Crippen molar-refractivity contribution in [2.45, 2.75) is 91.8 Å². The number of esters is 1. The number of rotatable bonds is 11. The number of nitrogens with one attached hydrogen (secondary N) is 1. The Kier molecular flexibility index (Phi) is 10.5. The van der Waals surface area contributed by atoms with Crippen LogP contribution in [0.5, 0.6) is 0 Å². The van der Waals surface area contributed by atoms with E-state index in [0.717, 1.165) is 72.9 Å². The highest BCUT2D eigenvalue weighted by atomic mass is 16.5. The molecule has 1 aromatic carbocycles. The molecule has 0 saturated heterocycles. The fraction of sp³-hybridized carbons (Fsp3) is 0.519. The summed E-state index contributed by atoms with van der Waals surface area (Å²) in [6.07, 6.45) is 10.7. The van der Waals surface area contributed by atoms with E-state index < -0.39 is 0 Å².